The summed E-state index contributed by atoms with van der Waals surface area (Å²) >= 11 is 0. The fourth-order valence-electron chi connectivity index (χ4n) is 2.50. The summed E-state index contributed by atoms with van der Waals surface area (Å²) in [6.45, 7) is 13.4. The molecule has 0 fully saturated rings. The fourth-order valence-corrected chi connectivity index (χ4v) is 2.50. The Morgan fingerprint density at radius 2 is 1.63 bits per heavy atom. The smallest absolute Gasteiger partial charge is 0.119 e. The lowest BCUT2D eigenvalue weighted by Crippen LogP contribution is -2.19. The van der Waals surface area contributed by atoms with Crippen molar-refractivity contribution in [2.75, 3.05) is 0 Å². The Morgan fingerprint density at radius 1 is 1.00 bits per heavy atom. The highest BCUT2D eigenvalue weighted by atomic mass is 16.3. The highest BCUT2D eigenvalue weighted by molar-refractivity contribution is 5.42. The molecule has 0 unspecified atom stereocenters. The normalized spacial score (nSPS) is 12.7. The molecule has 0 aromatic heterocycles. The maximum absolute atomic E-state index is 10.2. The molecule has 0 saturated carbocycles. The first-order chi connectivity index (χ1) is 8.68. The summed E-state index contributed by atoms with van der Waals surface area (Å²) in [5.41, 5.74) is 2.56. The van der Waals surface area contributed by atoms with E-state index in [-0.39, 0.29) is 10.8 Å². The lowest BCUT2D eigenvalue weighted by atomic mass is 9.76. The second-order valence-electron chi connectivity index (χ2n) is 7.32. The third kappa shape index (κ3) is 4.26. The molecule has 0 saturated heterocycles. The summed E-state index contributed by atoms with van der Waals surface area (Å²) < 4.78 is 0. The van der Waals surface area contributed by atoms with Crippen LogP contribution in [0.5, 0.6) is 5.75 Å². The van der Waals surface area contributed by atoms with Crippen LogP contribution in [-0.2, 0) is 10.8 Å². The van der Waals surface area contributed by atoms with Crippen LogP contribution in [0.3, 0.4) is 0 Å². The molecule has 0 atom stereocenters. The Balaban J connectivity index is 3.04. The third-order valence-electron chi connectivity index (χ3n) is 4.00. The van der Waals surface area contributed by atoms with Crippen LogP contribution in [0.15, 0.2) is 18.2 Å². The van der Waals surface area contributed by atoms with E-state index in [0.717, 1.165) is 12.0 Å². The Morgan fingerprint density at radius 3 is 2.16 bits per heavy atom. The molecule has 1 N–H and O–H groups in total. The van der Waals surface area contributed by atoms with Crippen LogP contribution in [0, 0.1) is 0 Å². The van der Waals surface area contributed by atoms with E-state index < -0.39 is 0 Å². The highest BCUT2D eigenvalue weighted by Gasteiger charge is 2.25. The molecule has 0 aliphatic heterocycles. The third-order valence-corrected chi connectivity index (χ3v) is 4.00. The summed E-state index contributed by atoms with van der Waals surface area (Å²) in [6.07, 6.45) is 4.86. The van der Waals surface area contributed by atoms with Gasteiger partial charge in [-0.3, -0.25) is 0 Å². The van der Waals surface area contributed by atoms with Gasteiger partial charge in [0, 0.05) is 0 Å². The Kier molecular flexibility index (Phi) is 5.06. The lowest BCUT2D eigenvalue weighted by Gasteiger charge is -2.29. The maximum Gasteiger partial charge on any atom is 0.119 e. The number of rotatable bonds is 5. The molecule has 0 amide bonds. The first kappa shape index (κ1) is 16.1. The largest absolute Gasteiger partial charge is 0.508 e. The van der Waals surface area contributed by atoms with Crippen LogP contribution in [0.4, 0.5) is 0 Å². The van der Waals surface area contributed by atoms with E-state index >= 15 is 0 Å². The van der Waals surface area contributed by atoms with Crippen LogP contribution in [0.1, 0.15) is 78.4 Å². The van der Waals surface area contributed by atoms with Gasteiger partial charge in [-0.2, -0.15) is 0 Å². The van der Waals surface area contributed by atoms with E-state index in [0.29, 0.717) is 5.75 Å². The lowest BCUT2D eigenvalue weighted by molar-refractivity contribution is 0.406. The number of phenols is 1. The van der Waals surface area contributed by atoms with Gasteiger partial charge in [0.25, 0.3) is 0 Å². The fraction of sp³-hybridized carbons (Fsp3) is 0.667. The van der Waals surface area contributed by atoms with E-state index in [2.05, 4.69) is 47.6 Å². The molecular formula is C18H30O. The first-order valence-electron chi connectivity index (χ1n) is 7.52. The van der Waals surface area contributed by atoms with E-state index in [4.69, 9.17) is 0 Å². The van der Waals surface area contributed by atoms with Gasteiger partial charge in [0.1, 0.15) is 5.75 Å². The molecule has 1 rings (SSSR count). The molecule has 0 bridgehead atoms. The van der Waals surface area contributed by atoms with Gasteiger partial charge in [-0.15, -0.1) is 0 Å². The zero-order valence-electron chi connectivity index (χ0n) is 13.5. The molecule has 1 aromatic carbocycles. The highest BCUT2D eigenvalue weighted by Crippen LogP contribution is 2.37. The van der Waals surface area contributed by atoms with Crippen molar-refractivity contribution in [3.8, 4) is 5.75 Å². The molecule has 0 aliphatic rings. The Labute approximate surface area is 119 Å². The van der Waals surface area contributed by atoms with Crippen molar-refractivity contribution < 1.29 is 5.11 Å². The van der Waals surface area contributed by atoms with Crippen LogP contribution >= 0.6 is 0 Å². The molecule has 19 heavy (non-hydrogen) atoms. The van der Waals surface area contributed by atoms with Gasteiger partial charge in [-0.1, -0.05) is 72.9 Å². The summed E-state index contributed by atoms with van der Waals surface area (Å²) in [5.74, 6) is 0.439. The number of hydrogen-bond donors (Lipinski definition) is 1. The van der Waals surface area contributed by atoms with Crippen LogP contribution in [0.25, 0.3) is 0 Å². The second kappa shape index (κ2) is 5.98. The summed E-state index contributed by atoms with van der Waals surface area (Å²) in [5, 5.41) is 10.2. The van der Waals surface area contributed by atoms with Gasteiger partial charge in [0.15, 0.2) is 0 Å². The molecular weight excluding hydrogens is 232 g/mol. The summed E-state index contributed by atoms with van der Waals surface area (Å²) in [7, 11) is 0. The average Bonchev–Trinajstić information content (AvgIpc) is 2.27. The van der Waals surface area contributed by atoms with Gasteiger partial charge >= 0.3 is 0 Å². The zero-order valence-corrected chi connectivity index (χ0v) is 13.5. The van der Waals surface area contributed by atoms with Crippen molar-refractivity contribution in [1.82, 2.24) is 0 Å². The topological polar surface area (TPSA) is 20.2 Å². The van der Waals surface area contributed by atoms with E-state index in [1.54, 1.807) is 0 Å². The molecule has 108 valence electrons. The molecule has 1 aromatic rings. The van der Waals surface area contributed by atoms with Gasteiger partial charge in [-0.25, -0.2) is 0 Å². The van der Waals surface area contributed by atoms with Crippen molar-refractivity contribution in [2.45, 2.75) is 78.1 Å². The maximum atomic E-state index is 10.2. The Hall–Kier alpha value is -0.980. The van der Waals surface area contributed by atoms with Crippen molar-refractivity contribution >= 4 is 0 Å². The number of aromatic hydroxyl groups is 1. The van der Waals surface area contributed by atoms with Gasteiger partial charge < -0.3 is 5.11 Å². The Bertz CT molecular complexity index is 410. The number of hydrogen-bond acceptors (Lipinski definition) is 1. The molecule has 1 heteroatoms. The summed E-state index contributed by atoms with van der Waals surface area (Å²) in [6, 6.07) is 6.10. The van der Waals surface area contributed by atoms with Gasteiger partial charge in [0.2, 0.25) is 0 Å². The minimum absolute atomic E-state index is 0.0422. The van der Waals surface area contributed by atoms with E-state index in [9.17, 15) is 5.11 Å². The van der Waals surface area contributed by atoms with Crippen molar-refractivity contribution in [3.63, 3.8) is 0 Å². The molecule has 0 spiro atoms. The van der Waals surface area contributed by atoms with E-state index in [1.807, 2.05) is 12.1 Å². The molecule has 0 radical (unpaired) electrons. The zero-order chi connectivity index (χ0) is 14.7. The van der Waals surface area contributed by atoms with Crippen molar-refractivity contribution in [1.29, 1.82) is 0 Å². The molecule has 0 aliphatic carbocycles. The number of unbranched alkanes of at least 4 members (excludes halogenated alkanes) is 2. The minimum Gasteiger partial charge on any atom is -0.508 e. The minimum atomic E-state index is 0.0422. The van der Waals surface area contributed by atoms with E-state index in [1.165, 1.54) is 24.8 Å². The van der Waals surface area contributed by atoms with Crippen LogP contribution in [0.2, 0.25) is 0 Å². The quantitative estimate of drug-likeness (QED) is 0.690. The standard InChI is InChI=1S/C18H30O/c1-7-8-9-12-18(5,6)15-13-14(17(2,3)4)10-11-16(15)19/h10-11,13,19H,7-9,12H2,1-6H3. The average molecular weight is 262 g/mol. The molecule has 0 heterocycles. The second-order valence-corrected chi connectivity index (χ2v) is 7.32. The number of phenolic OH excluding ortho intramolecular Hbond substituents is 1. The van der Waals surface area contributed by atoms with Gasteiger partial charge in [0.05, 0.1) is 0 Å². The number of benzene rings is 1. The van der Waals surface area contributed by atoms with Crippen LogP contribution in [-0.4, -0.2) is 5.11 Å². The predicted octanol–water partition coefficient (Wildman–Crippen LogP) is 5.55. The van der Waals surface area contributed by atoms with Gasteiger partial charge in [-0.05, 0) is 34.4 Å². The van der Waals surface area contributed by atoms with Crippen molar-refractivity contribution in [3.05, 3.63) is 29.3 Å². The first-order valence-corrected chi connectivity index (χ1v) is 7.52. The SMILES string of the molecule is CCCCCC(C)(C)c1cc(C(C)(C)C)ccc1O. The predicted molar refractivity (Wildman–Crippen MR) is 84.0 cm³/mol. The van der Waals surface area contributed by atoms with Crippen LogP contribution < -0.4 is 0 Å². The summed E-state index contributed by atoms with van der Waals surface area (Å²) in [4.78, 5) is 0. The monoisotopic (exact) mass is 262 g/mol. The molecule has 1 nitrogen and oxygen atoms in total. The van der Waals surface area contributed by atoms with Crippen molar-refractivity contribution in [2.24, 2.45) is 0 Å².